The van der Waals surface area contributed by atoms with Crippen molar-refractivity contribution in [2.75, 3.05) is 4.72 Å². The second-order valence-corrected chi connectivity index (χ2v) is 10.4. The molecule has 1 aromatic heterocycles. The number of nitrogens with one attached hydrogen (secondary N) is 2. The second kappa shape index (κ2) is 9.49. The van der Waals surface area contributed by atoms with Gasteiger partial charge in [0.25, 0.3) is 10.0 Å². The maximum absolute atomic E-state index is 13.2. The number of anilines is 1. The van der Waals surface area contributed by atoms with Crippen LogP contribution >= 0.6 is 23.4 Å². The molecule has 5 rings (SSSR count). The normalized spacial score (nSPS) is 11.5. The number of phenolic OH excluding ortho intramolecular Hbond substituents is 1. The zero-order valence-electron chi connectivity index (χ0n) is 17.8. The number of fused-ring (bicyclic) bond motifs is 1. The summed E-state index contributed by atoms with van der Waals surface area (Å²) in [5, 5.41) is 19.2. The number of hydrogen-bond acceptors (Lipinski definition) is 7. The van der Waals surface area contributed by atoms with E-state index in [-0.39, 0.29) is 10.6 Å². The first kappa shape index (κ1) is 23.0. The molecule has 176 valence electrons. The van der Waals surface area contributed by atoms with Crippen LogP contribution in [-0.2, 0) is 10.0 Å². The van der Waals surface area contributed by atoms with Crippen LogP contribution in [0.1, 0.15) is 0 Å². The van der Waals surface area contributed by atoms with Gasteiger partial charge in [0.05, 0.1) is 20.5 Å². The van der Waals surface area contributed by atoms with Gasteiger partial charge in [-0.15, -0.1) is 0 Å². The Morgan fingerprint density at radius 2 is 1.69 bits per heavy atom. The molecular weight excluding hydrogens is 508 g/mol. The average molecular weight is 525 g/mol. The Morgan fingerprint density at radius 3 is 2.40 bits per heavy atom. The van der Waals surface area contributed by atoms with Crippen LogP contribution in [0.15, 0.2) is 100 Å². The monoisotopic (exact) mass is 524 g/mol. The van der Waals surface area contributed by atoms with Crippen LogP contribution in [0, 0.1) is 0 Å². The molecule has 0 fully saturated rings. The van der Waals surface area contributed by atoms with E-state index in [1.807, 2.05) is 0 Å². The van der Waals surface area contributed by atoms with Crippen molar-refractivity contribution < 1.29 is 18.3 Å². The maximum atomic E-state index is 13.2. The molecule has 8 nitrogen and oxygen atoms in total. The highest BCUT2D eigenvalue weighted by molar-refractivity contribution is 7.99. The van der Waals surface area contributed by atoms with Crippen LogP contribution in [-0.4, -0.2) is 28.7 Å². The van der Waals surface area contributed by atoms with Gasteiger partial charge in [-0.05, 0) is 54.2 Å². The zero-order valence-corrected chi connectivity index (χ0v) is 20.2. The maximum Gasteiger partial charge on any atom is 0.261 e. The van der Waals surface area contributed by atoms with Gasteiger partial charge in [0.15, 0.2) is 5.16 Å². The standard InChI is InChI=1S/C24H17ClN4O4S2/c25-19-7-3-4-8-21(19)33-15-9-11-16(12-10-15)35(31,32)29-20-13-22(34-24-26-14-27-28-24)23(30)18-6-2-1-5-17(18)20/h1-14,29-30H,(H,26,27,28). The fourth-order valence-corrected chi connectivity index (χ4v) is 5.42. The van der Waals surface area contributed by atoms with E-state index in [1.54, 1.807) is 66.7 Å². The van der Waals surface area contributed by atoms with Crippen molar-refractivity contribution in [2.45, 2.75) is 14.9 Å². The van der Waals surface area contributed by atoms with E-state index in [0.717, 1.165) is 11.8 Å². The van der Waals surface area contributed by atoms with E-state index in [0.29, 0.717) is 43.0 Å². The summed E-state index contributed by atoms with van der Waals surface area (Å²) in [4.78, 5) is 4.52. The molecule has 0 amide bonds. The molecule has 11 heteroatoms. The van der Waals surface area contributed by atoms with Crippen LogP contribution in [0.5, 0.6) is 17.2 Å². The number of nitrogens with zero attached hydrogens (tertiary/aromatic N) is 2. The number of para-hydroxylation sites is 1. The van der Waals surface area contributed by atoms with Gasteiger partial charge in [-0.1, -0.05) is 48.0 Å². The highest BCUT2D eigenvalue weighted by Crippen LogP contribution is 2.42. The van der Waals surface area contributed by atoms with E-state index in [9.17, 15) is 13.5 Å². The Labute approximate surface area is 210 Å². The lowest BCUT2D eigenvalue weighted by Gasteiger charge is -2.15. The Kier molecular flexibility index (Phi) is 6.25. The molecule has 5 aromatic rings. The summed E-state index contributed by atoms with van der Waals surface area (Å²) in [5.41, 5.74) is 0.316. The molecule has 4 aromatic carbocycles. The van der Waals surface area contributed by atoms with Crippen molar-refractivity contribution in [2.24, 2.45) is 0 Å². The number of H-pyrrole nitrogens is 1. The lowest BCUT2D eigenvalue weighted by atomic mass is 10.1. The molecule has 0 radical (unpaired) electrons. The van der Waals surface area contributed by atoms with Crippen LogP contribution < -0.4 is 9.46 Å². The summed E-state index contributed by atoms with van der Waals surface area (Å²) >= 11 is 7.26. The Hall–Kier alpha value is -3.73. The molecule has 0 aliphatic carbocycles. The van der Waals surface area contributed by atoms with Gasteiger partial charge in [-0.2, -0.15) is 5.10 Å². The fourth-order valence-electron chi connectivity index (χ4n) is 3.39. The van der Waals surface area contributed by atoms with Crippen molar-refractivity contribution in [1.82, 2.24) is 15.2 Å². The molecule has 0 spiro atoms. The van der Waals surface area contributed by atoms with E-state index in [4.69, 9.17) is 16.3 Å². The second-order valence-electron chi connectivity index (χ2n) is 7.32. The Balaban J connectivity index is 1.46. The number of aromatic hydroxyl groups is 1. The number of benzene rings is 4. The van der Waals surface area contributed by atoms with Gasteiger partial charge < -0.3 is 9.84 Å². The van der Waals surface area contributed by atoms with Crippen LogP contribution in [0.2, 0.25) is 5.02 Å². The van der Waals surface area contributed by atoms with E-state index >= 15 is 0 Å². The molecule has 35 heavy (non-hydrogen) atoms. The number of aromatic nitrogens is 3. The van der Waals surface area contributed by atoms with Gasteiger partial charge in [0.2, 0.25) is 0 Å². The van der Waals surface area contributed by atoms with E-state index in [2.05, 4.69) is 19.9 Å². The molecule has 0 unspecified atom stereocenters. The number of halogens is 1. The third-order valence-electron chi connectivity index (χ3n) is 5.02. The first-order valence-corrected chi connectivity index (χ1v) is 12.9. The quantitative estimate of drug-likeness (QED) is 0.221. The van der Waals surface area contributed by atoms with Crippen LogP contribution in [0.3, 0.4) is 0 Å². The molecule has 1 heterocycles. The first-order valence-electron chi connectivity index (χ1n) is 10.2. The lowest BCUT2D eigenvalue weighted by molar-refractivity contribution is 0.469. The molecule has 0 bridgehead atoms. The molecular formula is C24H17ClN4O4S2. The minimum atomic E-state index is -3.95. The highest BCUT2D eigenvalue weighted by Gasteiger charge is 2.19. The van der Waals surface area contributed by atoms with Gasteiger partial charge >= 0.3 is 0 Å². The number of hydrogen-bond donors (Lipinski definition) is 3. The molecule has 0 aliphatic heterocycles. The van der Waals surface area contributed by atoms with Crippen molar-refractivity contribution in [3.63, 3.8) is 0 Å². The number of ether oxygens (including phenoxy) is 1. The van der Waals surface area contributed by atoms with Crippen molar-refractivity contribution in [3.05, 3.63) is 90.2 Å². The summed E-state index contributed by atoms with van der Waals surface area (Å²) in [6.45, 7) is 0. The Bertz CT molecular complexity index is 1610. The molecule has 0 saturated heterocycles. The summed E-state index contributed by atoms with van der Waals surface area (Å²) < 4.78 is 34.8. The summed E-state index contributed by atoms with van der Waals surface area (Å²) in [7, 11) is -3.95. The van der Waals surface area contributed by atoms with Gasteiger partial charge in [-0.25, -0.2) is 13.4 Å². The minimum absolute atomic E-state index is 0.0195. The Morgan fingerprint density at radius 1 is 0.971 bits per heavy atom. The third-order valence-corrected chi connectivity index (χ3v) is 7.64. The predicted molar refractivity (Wildman–Crippen MR) is 135 cm³/mol. The average Bonchev–Trinajstić information content (AvgIpc) is 3.37. The lowest BCUT2D eigenvalue weighted by Crippen LogP contribution is -2.13. The number of phenols is 1. The van der Waals surface area contributed by atoms with Crippen molar-refractivity contribution >= 4 is 49.8 Å². The minimum Gasteiger partial charge on any atom is -0.506 e. The SMILES string of the molecule is O=S(=O)(Nc1cc(Sc2ncn[nH]2)c(O)c2ccccc12)c1ccc(Oc2ccccc2Cl)cc1. The third kappa shape index (κ3) is 4.90. The largest absolute Gasteiger partial charge is 0.506 e. The number of sulfonamides is 1. The van der Waals surface area contributed by atoms with Crippen molar-refractivity contribution in [3.8, 4) is 17.2 Å². The van der Waals surface area contributed by atoms with Crippen LogP contribution in [0.4, 0.5) is 5.69 Å². The van der Waals surface area contributed by atoms with Gasteiger partial charge in [0.1, 0.15) is 23.6 Å². The first-order chi connectivity index (χ1) is 16.9. The highest BCUT2D eigenvalue weighted by atomic mass is 35.5. The smallest absolute Gasteiger partial charge is 0.261 e. The van der Waals surface area contributed by atoms with Crippen molar-refractivity contribution in [1.29, 1.82) is 0 Å². The predicted octanol–water partition coefficient (Wildman–Crippen LogP) is 6.06. The van der Waals surface area contributed by atoms with Gasteiger partial charge in [-0.3, -0.25) is 9.82 Å². The van der Waals surface area contributed by atoms with Crippen LogP contribution in [0.25, 0.3) is 10.8 Å². The summed E-state index contributed by atoms with van der Waals surface area (Å²) in [5.74, 6) is 0.930. The molecule has 3 N–H and O–H groups in total. The zero-order chi connectivity index (χ0) is 24.4. The molecule has 0 atom stereocenters. The van der Waals surface area contributed by atoms with E-state index < -0.39 is 10.0 Å². The molecule has 0 aliphatic rings. The summed E-state index contributed by atoms with van der Waals surface area (Å²) in [6.07, 6.45) is 1.35. The summed E-state index contributed by atoms with van der Waals surface area (Å²) in [6, 6.07) is 21.6. The number of rotatable bonds is 7. The number of aromatic amines is 1. The molecule has 0 saturated carbocycles. The van der Waals surface area contributed by atoms with E-state index in [1.165, 1.54) is 18.5 Å². The van der Waals surface area contributed by atoms with Gasteiger partial charge in [0, 0.05) is 10.8 Å². The topological polar surface area (TPSA) is 117 Å². The fraction of sp³-hybridized carbons (Fsp3) is 0.